The predicted molar refractivity (Wildman–Crippen MR) is 79.4 cm³/mol. The fourth-order valence-electron chi connectivity index (χ4n) is 2.43. The number of carbonyl (C=O) groups is 1. The van der Waals surface area contributed by atoms with Crippen LogP contribution in [0.4, 0.5) is 5.82 Å². The summed E-state index contributed by atoms with van der Waals surface area (Å²) >= 11 is 5.50. The minimum atomic E-state index is -1.40. The number of nitrogen functional groups attached to an aromatic ring is 1. The van der Waals surface area contributed by atoms with Crippen LogP contribution in [0, 0.1) is 0 Å². The molecule has 1 amide bonds. The van der Waals surface area contributed by atoms with Gasteiger partial charge in [0.2, 0.25) is 0 Å². The van der Waals surface area contributed by atoms with Crippen LogP contribution in [0.15, 0.2) is 12.7 Å². The monoisotopic (exact) mass is 342 g/mol. The molecule has 23 heavy (non-hydrogen) atoms. The van der Waals surface area contributed by atoms with Gasteiger partial charge in [0.25, 0.3) is 5.91 Å². The summed E-state index contributed by atoms with van der Waals surface area (Å²) in [5.41, 5.74) is 6.37. The van der Waals surface area contributed by atoms with Gasteiger partial charge in [-0.15, -0.1) is 11.6 Å². The van der Waals surface area contributed by atoms with Crippen molar-refractivity contribution in [3.63, 3.8) is 0 Å². The Morgan fingerprint density at radius 3 is 2.91 bits per heavy atom. The van der Waals surface area contributed by atoms with E-state index in [-0.39, 0.29) is 18.2 Å². The number of nitrogens with one attached hydrogen (secondary N) is 1. The first-order chi connectivity index (χ1) is 11.0. The summed E-state index contributed by atoms with van der Waals surface area (Å²) < 4.78 is 6.90. The Balaban J connectivity index is 1.88. The van der Waals surface area contributed by atoms with Crippen LogP contribution in [-0.4, -0.2) is 66.4 Å². The molecule has 4 atom stereocenters. The van der Waals surface area contributed by atoms with Crippen LogP contribution in [0.5, 0.6) is 0 Å². The predicted octanol–water partition coefficient (Wildman–Crippen LogP) is -1.62. The van der Waals surface area contributed by atoms with E-state index in [0.29, 0.717) is 11.2 Å². The molecule has 1 aliphatic heterocycles. The van der Waals surface area contributed by atoms with Gasteiger partial charge in [-0.05, 0) is 0 Å². The Morgan fingerprint density at radius 2 is 2.17 bits per heavy atom. The average Bonchev–Trinajstić information content (AvgIpc) is 3.09. The van der Waals surface area contributed by atoms with Crippen molar-refractivity contribution < 1.29 is 19.7 Å². The number of halogens is 1. The van der Waals surface area contributed by atoms with Gasteiger partial charge >= 0.3 is 0 Å². The molecule has 1 aliphatic rings. The highest BCUT2D eigenvalue weighted by Crippen LogP contribution is 2.31. The third-order valence-electron chi connectivity index (χ3n) is 3.55. The molecule has 0 radical (unpaired) electrons. The summed E-state index contributed by atoms with van der Waals surface area (Å²) in [5, 5.41) is 22.8. The number of aliphatic hydroxyl groups is 2. The molecule has 124 valence electrons. The SMILES string of the molecule is Nc1ncnc2c1ncn2[C@@H]1O[C@H](C(=O)NCCCl)[C@@H](O)[C@H]1O. The number of alkyl halides is 1. The van der Waals surface area contributed by atoms with Gasteiger partial charge in [-0.3, -0.25) is 9.36 Å². The minimum Gasteiger partial charge on any atom is -0.387 e. The smallest absolute Gasteiger partial charge is 0.252 e. The molecular formula is C12H15ClN6O4. The van der Waals surface area contributed by atoms with Crippen molar-refractivity contribution in [3.05, 3.63) is 12.7 Å². The molecule has 0 aliphatic carbocycles. The molecule has 3 rings (SSSR count). The minimum absolute atomic E-state index is 0.179. The van der Waals surface area contributed by atoms with Crippen LogP contribution in [0.3, 0.4) is 0 Å². The van der Waals surface area contributed by atoms with E-state index in [1.54, 1.807) is 0 Å². The number of fused-ring (bicyclic) bond motifs is 1. The summed E-state index contributed by atoms with van der Waals surface area (Å²) in [5.74, 6) is -0.153. The summed E-state index contributed by atoms with van der Waals surface area (Å²) in [6, 6.07) is 0. The van der Waals surface area contributed by atoms with Crippen LogP contribution in [0.25, 0.3) is 11.2 Å². The van der Waals surface area contributed by atoms with Crippen molar-refractivity contribution in [2.75, 3.05) is 18.2 Å². The Morgan fingerprint density at radius 1 is 1.39 bits per heavy atom. The lowest BCUT2D eigenvalue weighted by atomic mass is 10.1. The summed E-state index contributed by atoms with van der Waals surface area (Å²) in [7, 11) is 0. The first-order valence-electron chi connectivity index (χ1n) is 6.83. The van der Waals surface area contributed by atoms with Crippen LogP contribution in [0.2, 0.25) is 0 Å². The van der Waals surface area contributed by atoms with Crippen LogP contribution < -0.4 is 11.1 Å². The molecule has 0 aromatic carbocycles. The zero-order valence-electron chi connectivity index (χ0n) is 11.8. The first kappa shape index (κ1) is 15.9. The molecule has 5 N–H and O–H groups in total. The quantitative estimate of drug-likeness (QED) is 0.484. The number of nitrogens with two attached hydrogens (primary N) is 1. The maximum atomic E-state index is 12.0. The van der Waals surface area contributed by atoms with Crippen molar-refractivity contribution in [1.29, 1.82) is 0 Å². The lowest BCUT2D eigenvalue weighted by Crippen LogP contribution is -2.43. The summed E-state index contributed by atoms with van der Waals surface area (Å²) in [4.78, 5) is 23.9. The lowest BCUT2D eigenvalue weighted by Gasteiger charge is -2.16. The molecule has 1 saturated heterocycles. The number of rotatable bonds is 4. The second kappa shape index (κ2) is 6.24. The fraction of sp³-hybridized carbons (Fsp3) is 0.500. The molecule has 0 saturated carbocycles. The maximum Gasteiger partial charge on any atom is 0.252 e. The number of carbonyl (C=O) groups excluding carboxylic acids is 1. The van der Waals surface area contributed by atoms with Gasteiger partial charge in [0, 0.05) is 12.4 Å². The number of hydrogen-bond acceptors (Lipinski definition) is 8. The van der Waals surface area contributed by atoms with Crippen LogP contribution >= 0.6 is 11.6 Å². The highest BCUT2D eigenvalue weighted by Gasteiger charge is 2.47. The van der Waals surface area contributed by atoms with E-state index in [4.69, 9.17) is 22.1 Å². The second-order valence-electron chi connectivity index (χ2n) is 4.99. The van der Waals surface area contributed by atoms with Gasteiger partial charge in [-0.1, -0.05) is 0 Å². The lowest BCUT2D eigenvalue weighted by molar-refractivity contribution is -0.137. The van der Waals surface area contributed by atoms with E-state index in [1.165, 1.54) is 17.2 Å². The molecule has 11 heteroatoms. The topological polar surface area (TPSA) is 148 Å². The third kappa shape index (κ3) is 2.70. The van der Waals surface area contributed by atoms with E-state index < -0.39 is 30.4 Å². The Hall–Kier alpha value is -2.01. The molecular weight excluding hydrogens is 328 g/mol. The number of amides is 1. The molecule has 3 heterocycles. The third-order valence-corrected chi connectivity index (χ3v) is 3.74. The van der Waals surface area contributed by atoms with E-state index in [0.717, 1.165) is 0 Å². The first-order valence-corrected chi connectivity index (χ1v) is 7.36. The highest BCUT2D eigenvalue weighted by atomic mass is 35.5. The van der Waals surface area contributed by atoms with Crippen molar-refractivity contribution in [3.8, 4) is 0 Å². The zero-order valence-corrected chi connectivity index (χ0v) is 12.6. The van der Waals surface area contributed by atoms with E-state index in [1.807, 2.05) is 0 Å². The molecule has 0 spiro atoms. The summed E-state index contributed by atoms with van der Waals surface area (Å²) in [6.45, 7) is 0.228. The highest BCUT2D eigenvalue weighted by molar-refractivity contribution is 6.18. The van der Waals surface area contributed by atoms with Gasteiger partial charge in [0.1, 0.15) is 24.1 Å². The Labute approximate surface area is 135 Å². The number of ether oxygens (including phenoxy) is 1. The molecule has 0 unspecified atom stereocenters. The van der Waals surface area contributed by atoms with E-state index in [2.05, 4.69) is 20.3 Å². The number of hydrogen-bond donors (Lipinski definition) is 4. The van der Waals surface area contributed by atoms with Crippen molar-refractivity contribution in [2.45, 2.75) is 24.5 Å². The van der Waals surface area contributed by atoms with Gasteiger partial charge in [0.15, 0.2) is 23.8 Å². The van der Waals surface area contributed by atoms with Gasteiger partial charge < -0.3 is 26.0 Å². The van der Waals surface area contributed by atoms with E-state index in [9.17, 15) is 15.0 Å². The van der Waals surface area contributed by atoms with Crippen LogP contribution in [0.1, 0.15) is 6.23 Å². The second-order valence-corrected chi connectivity index (χ2v) is 5.37. The number of aromatic nitrogens is 4. The zero-order chi connectivity index (χ0) is 16.6. The molecule has 0 bridgehead atoms. The number of anilines is 1. The van der Waals surface area contributed by atoms with Crippen LogP contribution in [-0.2, 0) is 9.53 Å². The molecule has 2 aromatic heterocycles. The fourth-order valence-corrected chi connectivity index (χ4v) is 2.53. The number of aliphatic hydroxyl groups excluding tert-OH is 2. The van der Waals surface area contributed by atoms with E-state index >= 15 is 0 Å². The van der Waals surface area contributed by atoms with Crippen molar-refractivity contribution >= 4 is 34.5 Å². The van der Waals surface area contributed by atoms with Crippen molar-refractivity contribution in [2.24, 2.45) is 0 Å². The maximum absolute atomic E-state index is 12.0. The standard InChI is InChI=1S/C12H15ClN6O4/c13-1-2-15-11(22)8-6(20)7(21)12(23-8)19-4-18-5-9(14)16-3-17-10(5)19/h3-4,6-8,12,20-21H,1-2H2,(H,15,22)(H2,14,16,17)/t6-,7+,8-,12+/m0/s1. The number of imidazole rings is 1. The molecule has 10 nitrogen and oxygen atoms in total. The number of nitrogens with zero attached hydrogens (tertiary/aromatic N) is 4. The Bertz CT molecular complexity index is 725. The van der Waals surface area contributed by atoms with Gasteiger partial charge in [-0.2, -0.15) is 0 Å². The largest absolute Gasteiger partial charge is 0.387 e. The summed E-state index contributed by atoms with van der Waals surface area (Å²) in [6.07, 6.45) is -2.39. The molecule has 1 fully saturated rings. The van der Waals surface area contributed by atoms with Gasteiger partial charge in [0.05, 0.1) is 6.33 Å². The van der Waals surface area contributed by atoms with Crippen molar-refractivity contribution in [1.82, 2.24) is 24.8 Å². The molecule has 2 aromatic rings. The average molecular weight is 343 g/mol. The van der Waals surface area contributed by atoms with Gasteiger partial charge in [-0.25, -0.2) is 15.0 Å². The normalized spacial score (nSPS) is 27.4. The Kier molecular flexibility index (Phi) is 4.31.